The smallest absolute Gasteiger partial charge is 0.327 e. The first-order chi connectivity index (χ1) is 10.5. The number of hydrogen-bond acceptors (Lipinski definition) is 5. The Morgan fingerprint density at radius 1 is 1.32 bits per heavy atom. The van der Waals surface area contributed by atoms with E-state index in [-0.39, 0.29) is 11.1 Å². The first kappa shape index (κ1) is 17.3. The first-order valence-electron chi connectivity index (χ1n) is 7.26. The maximum atomic E-state index is 12.2. The lowest BCUT2D eigenvalue weighted by atomic mass is 10.0. The number of ether oxygens (including phenoxy) is 1. The van der Waals surface area contributed by atoms with Gasteiger partial charge in [0.05, 0.1) is 7.11 Å². The van der Waals surface area contributed by atoms with Gasteiger partial charge in [-0.25, -0.2) is 4.79 Å². The Morgan fingerprint density at radius 3 is 2.50 bits per heavy atom. The van der Waals surface area contributed by atoms with Crippen molar-refractivity contribution < 1.29 is 14.3 Å². The summed E-state index contributed by atoms with van der Waals surface area (Å²) in [6.45, 7) is 3.09. The Morgan fingerprint density at radius 2 is 1.95 bits per heavy atom. The van der Waals surface area contributed by atoms with Crippen LogP contribution in [0, 0.1) is 0 Å². The monoisotopic (exact) mass is 341 g/mol. The van der Waals surface area contributed by atoms with Crippen molar-refractivity contribution in [2.75, 3.05) is 20.2 Å². The van der Waals surface area contributed by atoms with Crippen molar-refractivity contribution in [1.82, 2.24) is 4.90 Å². The molecule has 0 N–H and O–H groups in total. The van der Waals surface area contributed by atoms with E-state index in [1.165, 1.54) is 18.9 Å². The van der Waals surface area contributed by atoms with E-state index in [9.17, 15) is 9.59 Å². The topological polar surface area (TPSA) is 46.6 Å². The van der Waals surface area contributed by atoms with E-state index in [0.29, 0.717) is 10.3 Å². The fraction of sp³-hybridized carbons (Fsp3) is 0.500. The number of likely N-dealkylation sites (tertiary alicyclic amines) is 1. The van der Waals surface area contributed by atoms with Crippen LogP contribution in [0.15, 0.2) is 24.3 Å². The highest BCUT2D eigenvalue weighted by Crippen LogP contribution is 2.33. The van der Waals surface area contributed by atoms with Crippen molar-refractivity contribution in [3.63, 3.8) is 0 Å². The number of carbonyl (C=O) groups excluding carboxylic acids is 2. The summed E-state index contributed by atoms with van der Waals surface area (Å²) in [5.41, 5.74) is 0.772. The summed E-state index contributed by atoms with van der Waals surface area (Å²) in [5.74, 6) is -0.300. The van der Waals surface area contributed by atoms with Crippen LogP contribution in [0.5, 0.6) is 0 Å². The summed E-state index contributed by atoms with van der Waals surface area (Å²) in [4.78, 5) is 25.5. The molecule has 1 atom stereocenters. The number of carbonyl (C=O) groups is 2. The lowest BCUT2D eigenvalue weighted by Crippen LogP contribution is -2.41. The molecule has 0 saturated carbocycles. The minimum absolute atomic E-state index is 0.147. The van der Waals surface area contributed by atoms with Gasteiger partial charge < -0.3 is 4.74 Å². The molecule has 0 amide bonds. The molecule has 1 unspecified atom stereocenters. The van der Waals surface area contributed by atoms with E-state index >= 15 is 0 Å². The van der Waals surface area contributed by atoms with E-state index in [1.54, 1.807) is 13.0 Å². The van der Waals surface area contributed by atoms with Crippen molar-refractivity contribution in [3.05, 3.63) is 34.9 Å². The molecule has 22 heavy (non-hydrogen) atoms. The van der Waals surface area contributed by atoms with Gasteiger partial charge in [-0.15, -0.1) is 0 Å². The van der Waals surface area contributed by atoms with E-state index < -0.39 is 6.04 Å². The van der Waals surface area contributed by atoms with E-state index in [0.717, 1.165) is 31.5 Å². The second-order valence-corrected chi connectivity index (χ2v) is 7.18. The number of thioether (sulfide) groups is 1. The van der Waals surface area contributed by atoms with Crippen molar-refractivity contribution in [2.24, 2.45) is 0 Å². The van der Waals surface area contributed by atoms with Gasteiger partial charge in [0.15, 0.2) is 5.12 Å². The van der Waals surface area contributed by atoms with Gasteiger partial charge in [0, 0.05) is 30.3 Å². The van der Waals surface area contributed by atoms with Gasteiger partial charge in [-0.1, -0.05) is 41.6 Å². The lowest BCUT2D eigenvalue weighted by molar-refractivity contribution is -0.147. The number of methoxy groups -OCH3 is 1. The number of benzene rings is 1. The molecule has 6 heteroatoms. The van der Waals surface area contributed by atoms with Crippen LogP contribution in [0.1, 0.15) is 31.4 Å². The summed E-state index contributed by atoms with van der Waals surface area (Å²) < 4.78 is 4.97. The van der Waals surface area contributed by atoms with Crippen LogP contribution in [-0.2, 0) is 14.3 Å². The average molecular weight is 342 g/mol. The molecule has 0 radical (unpaired) electrons. The minimum atomic E-state index is -0.484. The molecule has 1 fully saturated rings. The maximum Gasteiger partial charge on any atom is 0.327 e. The third-order valence-electron chi connectivity index (χ3n) is 3.80. The van der Waals surface area contributed by atoms with E-state index in [1.807, 2.05) is 18.2 Å². The Bertz CT molecular complexity index is 544. The van der Waals surface area contributed by atoms with Crippen molar-refractivity contribution >= 4 is 34.4 Å². The number of rotatable bonds is 4. The number of hydrogen-bond donors (Lipinski definition) is 0. The van der Waals surface area contributed by atoms with Gasteiger partial charge in [-0.3, -0.25) is 9.69 Å². The molecule has 4 nitrogen and oxygen atoms in total. The third-order valence-corrected chi connectivity index (χ3v) is 5.28. The van der Waals surface area contributed by atoms with Crippen LogP contribution >= 0.6 is 23.4 Å². The molecule has 1 aliphatic rings. The largest absolute Gasteiger partial charge is 0.468 e. The first-order valence-corrected chi connectivity index (χ1v) is 8.52. The highest BCUT2D eigenvalue weighted by molar-refractivity contribution is 8.14. The van der Waals surface area contributed by atoms with Crippen LogP contribution in [0.2, 0.25) is 5.02 Å². The predicted octanol–water partition coefficient (Wildman–Crippen LogP) is 3.30. The van der Waals surface area contributed by atoms with Crippen LogP contribution in [0.3, 0.4) is 0 Å². The van der Waals surface area contributed by atoms with Gasteiger partial charge in [-0.2, -0.15) is 0 Å². The Balaban J connectivity index is 2.13. The minimum Gasteiger partial charge on any atom is -0.468 e. The van der Waals surface area contributed by atoms with Gasteiger partial charge in [0.2, 0.25) is 0 Å². The molecular weight excluding hydrogens is 322 g/mol. The predicted molar refractivity (Wildman–Crippen MR) is 89.1 cm³/mol. The van der Waals surface area contributed by atoms with Crippen molar-refractivity contribution in [1.29, 1.82) is 0 Å². The fourth-order valence-corrected chi connectivity index (χ4v) is 3.92. The SMILES string of the molecule is COC(=O)C(c1ccccc1Cl)N1CCC(SC(C)=O)CC1. The third kappa shape index (κ3) is 4.24. The Kier molecular flexibility index (Phi) is 6.29. The summed E-state index contributed by atoms with van der Waals surface area (Å²) >= 11 is 7.65. The molecule has 1 aromatic carbocycles. The average Bonchev–Trinajstić information content (AvgIpc) is 2.50. The highest BCUT2D eigenvalue weighted by atomic mass is 35.5. The Hall–Kier alpha value is -1.04. The standard InChI is InChI=1S/C16H20ClNO3S/c1-11(19)22-12-7-9-18(10-8-12)15(16(20)21-2)13-5-3-4-6-14(13)17/h3-6,12,15H,7-10H2,1-2H3. The molecular formula is C16H20ClNO3S. The zero-order chi connectivity index (χ0) is 16.1. The van der Waals surface area contributed by atoms with E-state index in [2.05, 4.69) is 4.90 Å². The van der Waals surface area contributed by atoms with Crippen molar-refractivity contribution in [3.8, 4) is 0 Å². The quantitative estimate of drug-likeness (QED) is 0.786. The summed E-state index contributed by atoms with van der Waals surface area (Å²) in [7, 11) is 1.39. The molecule has 0 spiro atoms. The molecule has 0 bridgehead atoms. The van der Waals surface area contributed by atoms with Crippen LogP contribution in [0.4, 0.5) is 0 Å². The summed E-state index contributed by atoms with van der Waals surface area (Å²) in [6, 6.07) is 6.87. The zero-order valence-corrected chi connectivity index (χ0v) is 14.3. The molecule has 0 aliphatic carbocycles. The van der Waals surface area contributed by atoms with Crippen molar-refractivity contribution in [2.45, 2.75) is 31.1 Å². The molecule has 1 aromatic rings. The number of nitrogens with zero attached hydrogens (tertiary/aromatic N) is 1. The number of esters is 1. The molecule has 1 aliphatic heterocycles. The van der Waals surface area contributed by atoms with Gasteiger partial charge >= 0.3 is 5.97 Å². The number of piperidine rings is 1. The summed E-state index contributed by atoms with van der Waals surface area (Å²) in [5, 5.41) is 1.05. The zero-order valence-electron chi connectivity index (χ0n) is 12.8. The van der Waals surface area contributed by atoms with Crippen LogP contribution < -0.4 is 0 Å². The molecule has 1 heterocycles. The molecule has 1 saturated heterocycles. The van der Waals surface area contributed by atoms with E-state index in [4.69, 9.17) is 16.3 Å². The fourth-order valence-electron chi connectivity index (χ4n) is 2.77. The summed E-state index contributed by atoms with van der Waals surface area (Å²) in [6.07, 6.45) is 1.75. The lowest BCUT2D eigenvalue weighted by Gasteiger charge is -2.36. The van der Waals surface area contributed by atoms with Crippen LogP contribution in [-0.4, -0.2) is 41.4 Å². The maximum absolute atomic E-state index is 12.2. The molecule has 120 valence electrons. The Labute approximate surface area is 140 Å². The van der Waals surface area contributed by atoms with Gasteiger partial charge in [0.1, 0.15) is 6.04 Å². The van der Waals surface area contributed by atoms with Crippen LogP contribution in [0.25, 0.3) is 0 Å². The molecule has 2 rings (SSSR count). The highest BCUT2D eigenvalue weighted by Gasteiger charge is 2.33. The second-order valence-electron chi connectivity index (χ2n) is 5.29. The second kappa shape index (κ2) is 7.99. The van der Waals surface area contributed by atoms with Gasteiger partial charge in [-0.05, 0) is 24.5 Å². The normalized spacial score (nSPS) is 18.0. The van der Waals surface area contributed by atoms with Gasteiger partial charge in [0.25, 0.3) is 0 Å². The molecule has 0 aromatic heterocycles. The number of halogens is 1.